The predicted molar refractivity (Wildman–Crippen MR) is 67.5 cm³/mol. The monoisotopic (exact) mass is 268 g/mol. The van der Waals surface area contributed by atoms with Gasteiger partial charge in [0.25, 0.3) is 0 Å². The third kappa shape index (κ3) is 2.23. The van der Waals surface area contributed by atoms with Crippen molar-refractivity contribution in [3.63, 3.8) is 0 Å². The molecule has 0 aliphatic carbocycles. The second kappa shape index (κ2) is 4.80. The van der Waals surface area contributed by atoms with E-state index in [4.69, 9.17) is 0 Å². The average Bonchev–Trinajstić information content (AvgIpc) is 2.39. The molecule has 6 heteroatoms. The van der Waals surface area contributed by atoms with Crippen molar-refractivity contribution < 1.29 is 8.42 Å². The second-order valence-electron chi connectivity index (χ2n) is 5.13. The lowest BCUT2D eigenvalue weighted by molar-refractivity contribution is 0.280. The Bertz CT molecular complexity index is 337. The fourth-order valence-corrected chi connectivity index (χ4v) is 4.29. The van der Waals surface area contributed by atoms with Crippen molar-refractivity contribution in [2.24, 2.45) is 0 Å². The van der Waals surface area contributed by atoms with Crippen LogP contribution in [0, 0.1) is 0 Å². The highest BCUT2D eigenvalue weighted by molar-refractivity contribution is 7.90. The van der Waals surface area contributed by atoms with E-state index in [-0.39, 0.29) is 18.4 Å². The van der Waals surface area contributed by atoms with E-state index in [1.165, 1.54) is 0 Å². The highest BCUT2D eigenvalue weighted by Crippen LogP contribution is 2.34. The molecule has 1 N–H and O–H groups in total. The molecule has 2 fully saturated rings. The minimum absolute atomic E-state index is 0. The predicted octanol–water partition coefficient (Wildman–Crippen LogP) is 0.974. The van der Waals surface area contributed by atoms with Crippen LogP contribution in [0.2, 0.25) is 0 Å². The van der Waals surface area contributed by atoms with Crippen molar-refractivity contribution in [1.29, 1.82) is 0 Å². The van der Waals surface area contributed by atoms with Gasteiger partial charge in [-0.2, -0.15) is 4.31 Å². The SMILES string of the molecule is CC1(C)CCN(C2CCCNC2)S1(=O)=O.Cl. The summed E-state index contributed by atoms with van der Waals surface area (Å²) < 4.78 is 25.6. The standard InChI is InChI=1S/C10H20N2O2S.ClH/c1-10(2)5-7-12(15(10,13)14)9-4-3-6-11-8-9;/h9,11H,3-8H2,1-2H3;1H. The van der Waals surface area contributed by atoms with Gasteiger partial charge in [0.05, 0.1) is 4.75 Å². The molecule has 0 radical (unpaired) electrons. The number of nitrogens with one attached hydrogen (secondary N) is 1. The molecule has 2 saturated heterocycles. The van der Waals surface area contributed by atoms with Crippen molar-refractivity contribution in [2.75, 3.05) is 19.6 Å². The van der Waals surface area contributed by atoms with Crippen LogP contribution in [0.4, 0.5) is 0 Å². The largest absolute Gasteiger partial charge is 0.315 e. The van der Waals surface area contributed by atoms with Gasteiger partial charge in [0.15, 0.2) is 0 Å². The number of sulfonamides is 1. The molecule has 1 unspecified atom stereocenters. The first-order valence-corrected chi connectivity index (χ1v) is 7.11. The Hall–Kier alpha value is 0.160. The van der Waals surface area contributed by atoms with Crippen LogP contribution in [0.5, 0.6) is 0 Å². The Kier molecular flexibility index (Phi) is 4.27. The summed E-state index contributed by atoms with van der Waals surface area (Å²) in [7, 11) is -3.07. The van der Waals surface area contributed by atoms with Crippen molar-refractivity contribution in [2.45, 2.75) is 43.9 Å². The van der Waals surface area contributed by atoms with Crippen LogP contribution in [0.3, 0.4) is 0 Å². The Morgan fingerprint density at radius 1 is 1.38 bits per heavy atom. The maximum atomic E-state index is 12.2. The van der Waals surface area contributed by atoms with Gasteiger partial charge in [-0.25, -0.2) is 8.42 Å². The zero-order valence-corrected chi connectivity index (χ0v) is 11.5. The van der Waals surface area contributed by atoms with Gasteiger partial charge in [-0.05, 0) is 39.7 Å². The molecular formula is C10H21ClN2O2S. The summed E-state index contributed by atoms with van der Waals surface area (Å²) in [4.78, 5) is 0. The molecule has 0 aromatic carbocycles. The molecule has 0 aromatic rings. The average molecular weight is 269 g/mol. The van der Waals surface area contributed by atoms with Gasteiger partial charge >= 0.3 is 0 Å². The molecule has 2 rings (SSSR count). The van der Waals surface area contributed by atoms with Gasteiger partial charge < -0.3 is 5.32 Å². The van der Waals surface area contributed by atoms with Gasteiger partial charge in [0, 0.05) is 19.1 Å². The Balaban J connectivity index is 0.00000128. The molecule has 0 bridgehead atoms. The molecule has 1 atom stereocenters. The molecule has 4 nitrogen and oxygen atoms in total. The summed E-state index contributed by atoms with van der Waals surface area (Å²) in [6.45, 7) is 6.20. The van der Waals surface area contributed by atoms with Crippen LogP contribution in [0.25, 0.3) is 0 Å². The zero-order valence-electron chi connectivity index (χ0n) is 9.90. The lowest BCUT2D eigenvalue weighted by Crippen LogP contribution is -2.48. The lowest BCUT2D eigenvalue weighted by Gasteiger charge is -2.31. The van der Waals surface area contributed by atoms with Crippen LogP contribution in [0.1, 0.15) is 33.1 Å². The minimum Gasteiger partial charge on any atom is -0.315 e. The van der Waals surface area contributed by atoms with E-state index in [0.717, 1.165) is 32.4 Å². The van der Waals surface area contributed by atoms with Crippen LogP contribution in [-0.4, -0.2) is 43.1 Å². The van der Waals surface area contributed by atoms with Gasteiger partial charge in [-0.3, -0.25) is 0 Å². The van der Waals surface area contributed by atoms with Gasteiger partial charge in [-0.1, -0.05) is 0 Å². The summed E-state index contributed by atoms with van der Waals surface area (Å²) in [6.07, 6.45) is 2.84. The van der Waals surface area contributed by atoms with Crippen LogP contribution in [-0.2, 0) is 10.0 Å². The molecule has 2 aliphatic rings. The zero-order chi connectivity index (χ0) is 11.1. The minimum atomic E-state index is -3.07. The molecular weight excluding hydrogens is 248 g/mol. The van der Waals surface area contributed by atoms with Gasteiger partial charge in [0.1, 0.15) is 0 Å². The lowest BCUT2D eigenvalue weighted by atomic mass is 10.1. The summed E-state index contributed by atoms with van der Waals surface area (Å²) in [6, 6.07) is 0.186. The molecule has 2 aliphatic heterocycles. The maximum Gasteiger partial charge on any atom is 0.219 e. The van der Waals surface area contributed by atoms with E-state index < -0.39 is 14.8 Å². The van der Waals surface area contributed by atoms with E-state index >= 15 is 0 Å². The molecule has 0 aromatic heterocycles. The number of hydrogen-bond acceptors (Lipinski definition) is 3. The summed E-state index contributed by atoms with van der Waals surface area (Å²) in [5.74, 6) is 0. The van der Waals surface area contributed by atoms with Crippen molar-refractivity contribution in [3.05, 3.63) is 0 Å². The summed E-state index contributed by atoms with van der Waals surface area (Å²) >= 11 is 0. The normalized spacial score (nSPS) is 33.2. The van der Waals surface area contributed by atoms with E-state index in [2.05, 4.69) is 5.32 Å². The van der Waals surface area contributed by atoms with E-state index in [1.54, 1.807) is 4.31 Å². The highest BCUT2D eigenvalue weighted by atomic mass is 35.5. The quantitative estimate of drug-likeness (QED) is 0.771. The number of piperidine rings is 1. The smallest absolute Gasteiger partial charge is 0.219 e. The molecule has 0 spiro atoms. The molecule has 16 heavy (non-hydrogen) atoms. The van der Waals surface area contributed by atoms with Gasteiger partial charge in [-0.15, -0.1) is 12.4 Å². The molecule has 0 amide bonds. The Morgan fingerprint density at radius 2 is 2.06 bits per heavy atom. The Morgan fingerprint density at radius 3 is 2.50 bits per heavy atom. The van der Waals surface area contributed by atoms with Crippen LogP contribution in [0.15, 0.2) is 0 Å². The van der Waals surface area contributed by atoms with Crippen molar-refractivity contribution >= 4 is 22.4 Å². The van der Waals surface area contributed by atoms with E-state index in [9.17, 15) is 8.42 Å². The van der Waals surface area contributed by atoms with Crippen LogP contribution >= 0.6 is 12.4 Å². The molecule has 96 valence electrons. The fourth-order valence-electron chi connectivity index (χ4n) is 2.40. The topological polar surface area (TPSA) is 49.4 Å². The third-order valence-corrected chi connectivity index (χ3v) is 6.32. The Labute approximate surface area is 104 Å². The van der Waals surface area contributed by atoms with Gasteiger partial charge in [0.2, 0.25) is 10.0 Å². The number of rotatable bonds is 1. The number of halogens is 1. The maximum absolute atomic E-state index is 12.2. The fraction of sp³-hybridized carbons (Fsp3) is 1.00. The van der Waals surface area contributed by atoms with E-state index in [0.29, 0.717) is 6.54 Å². The summed E-state index contributed by atoms with van der Waals surface area (Å²) in [5.41, 5.74) is 0. The first-order chi connectivity index (χ1) is 6.95. The third-order valence-electron chi connectivity index (χ3n) is 3.62. The molecule has 0 saturated carbocycles. The number of nitrogens with zero attached hydrogens (tertiary/aromatic N) is 1. The highest BCUT2D eigenvalue weighted by Gasteiger charge is 2.48. The van der Waals surface area contributed by atoms with Crippen molar-refractivity contribution in [3.8, 4) is 0 Å². The van der Waals surface area contributed by atoms with Crippen LogP contribution < -0.4 is 5.32 Å². The summed E-state index contributed by atoms with van der Waals surface area (Å²) in [5, 5.41) is 3.27. The molecule has 2 heterocycles. The van der Waals surface area contributed by atoms with E-state index in [1.807, 2.05) is 13.8 Å². The number of hydrogen-bond donors (Lipinski definition) is 1. The first-order valence-electron chi connectivity index (χ1n) is 5.67. The second-order valence-corrected chi connectivity index (χ2v) is 7.65. The van der Waals surface area contributed by atoms with Crippen molar-refractivity contribution in [1.82, 2.24) is 9.62 Å². The first kappa shape index (κ1) is 14.2.